The van der Waals surface area contributed by atoms with Gasteiger partial charge < -0.3 is 9.80 Å². The van der Waals surface area contributed by atoms with E-state index in [2.05, 4.69) is 54.8 Å². The van der Waals surface area contributed by atoms with Gasteiger partial charge in [-0.25, -0.2) is 13.4 Å². The van der Waals surface area contributed by atoms with E-state index in [9.17, 15) is 8.42 Å². The third-order valence-electron chi connectivity index (χ3n) is 7.31. The predicted octanol–water partition coefficient (Wildman–Crippen LogP) is 4.68. The molecule has 0 N–H and O–H groups in total. The van der Waals surface area contributed by atoms with Gasteiger partial charge in [-0.3, -0.25) is 0 Å². The van der Waals surface area contributed by atoms with Crippen LogP contribution in [0.15, 0.2) is 59.5 Å². The van der Waals surface area contributed by atoms with Crippen molar-refractivity contribution in [2.75, 3.05) is 42.5 Å². The van der Waals surface area contributed by atoms with E-state index < -0.39 is 10.0 Å². The second-order valence-corrected chi connectivity index (χ2v) is 11.9. The quantitative estimate of drug-likeness (QED) is 0.545. The van der Waals surface area contributed by atoms with Gasteiger partial charge in [0.05, 0.1) is 10.4 Å². The van der Waals surface area contributed by atoms with Gasteiger partial charge in [0.1, 0.15) is 5.82 Å². The molecule has 2 aliphatic rings. The summed E-state index contributed by atoms with van der Waals surface area (Å²) in [6, 6.07) is 18.4. The Morgan fingerprint density at radius 3 is 2.44 bits per heavy atom. The minimum absolute atomic E-state index is 0.365. The molecule has 1 atom stereocenters. The van der Waals surface area contributed by atoms with E-state index in [1.54, 1.807) is 16.4 Å². The van der Waals surface area contributed by atoms with Gasteiger partial charge in [-0.1, -0.05) is 19.1 Å². The zero-order chi connectivity index (χ0) is 23.9. The zero-order valence-electron chi connectivity index (χ0n) is 20.3. The Kier molecular flexibility index (Phi) is 6.25. The van der Waals surface area contributed by atoms with Gasteiger partial charge in [0.25, 0.3) is 0 Å². The molecule has 0 radical (unpaired) electrons. The lowest BCUT2D eigenvalue weighted by atomic mass is 10.0. The number of aryl methyl sites for hydroxylation is 1. The molecule has 2 fully saturated rings. The topological polar surface area (TPSA) is 56.8 Å². The molecule has 2 saturated heterocycles. The molecular formula is C27H34N4O2S. The molecule has 6 nitrogen and oxygen atoms in total. The summed E-state index contributed by atoms with van der Waals surface area (Å²) < 4.78 is 27.9. The highest BCUT2D eigenvalue weighted by atomic mass is 32.2. The molecular weight excluding hydrogens is 444 g/mol. The summed E-state index contributed by atoms with van der Waals surface area (Å²) in [5, 5.41) is 0.863. The molecule has 0 amide bonds. The molecule has 2 aromatic carbocycles. The van der Waals surface area contributed by atoms with Crippen molar-refractivity contribution in [3.05, 3.63) is 60.2 Å². The van der Waals surface area contributed by atoms with E-state index in [1.165, 1.54) is 11.3 Å². The van der Waals surface area contributed by atoms with Crippen molar-refractivity contribution < 1.29 is 8.42 Å². The van der Waals surface area contributed by atoms with Crippen LogP contribution in [0.1, 0.15) is 32.3 Å². The Morgan fingerprint density at radius 1 is 0.912 bits per heavy atom. The minimum atomic E-state index is -3.46. The van der Waals surface area contributed by atoms with Crippen molar-refractivity contribution in [3.8, 4) is 0 Å². The van der Waals surface area contributed by atoms with Crippen LogP contribution in [0.2, 0.25) is 0 Å². The number of sulfonamides is 1. The maximum absolute atomic E-state index is 13.1. The fourth-order valence-electron chi connectivity index (χ4n) is 5.16. The summed E-state index contributed by atoms with van der Waals surface area (Å²) in [5.74, 6) is 1.54. The second kappa shape index (κ2) is 9.19. The van der Waals surface area contributed by atoms with E-state index in [0.717, 1.165) is 49.2 Å². The number of fused-ring (bicyclic) bond motifs is 1. The van der Waals surface area contributed by atoms with E-state index in [4.69, 9.17) is 4.98 Å². The van der Waals surface area contributed by atoms with Gasteiger partial charge in [-0.2, -0.15) is 4.31 Å². The second-order valence-electron chi connectivity index (χ2n) is 9.94. The first kappa shape index (κ1) is 23.1. The number of piperidine rings is 1. The number of rotatable bonds is 4. The van der Waals surface area contributed by atoms with Crippen molar-refractivity contribution in [3.63, 3.8) is 0 Å². The van der Waals surface area contributed by atoms with Gasteiger partial charge in [-0.15, -0.1) is 0 Å². The van der Waals surface area contributed by atoms with Crippen LogP contribution < -0.4 is 9.80 Å². The number of benzene rings is 2. The SMILES string of the molecule is Cc1cccc(N2CCN(c3ccc4cc(S(=O)(=O)N5CCC(C)CC5)ccc4n3)C[C@H]2C)c1. The fourth-order valence-corrected chi connectivity index (χ4v) is 6.67. The van der Waals surface area contributed by atoms with Crippen molar-refractivity contribution in [2.24, 2.45) is 5.92 Å². The first-order valence-corrected chi connectivity index (χ1v) is 13.7. The predicted molar refractivity (Wildman–Crippen MR) is 139 cm³/mol. The molecule has 1 aromatic heterocycles. The number of hydrogen-bond acceptors (Lipinski definition) is 5. The molecule has 3 aromatic rings. The number of aromatic nitrogens is 1. The molecule has 7 heteroatoms. The van der Waals surface area contributed by atoms with Crippen molar-refractivity contribution >= 4 is 32.4 Å². The highest BCUT2D eigenvalue weighted by Crippen LogP contribution is 2.28. The molecule has 5 rings (SSSR count). The lowest BCUT2D eigenvalue weighted by Crippen LogP contribution is -2.52. The Morgan fingerprint density at radius 2 is 1.71 bits per heavy atom. The normalized spacial score (nSPS) is 20.7. The van der Waals surface area contributed by atoms with E-state index >= 15 is 0 Å². The van der Waals surface area contributed by atoms with E-state index in [0.29, 0.717) is 29.9 Å². The average Bonchev–Trinajstić information content (AvgIpc) is 2.83. The summed E-state index contributed by atoms with van der Waals surface area (Å²) >= 11 is 0. The first-order chi connectivity index (χ1) is 16.3. The standard InChI is InChI=1S/C27H34N4O2S/c1-20-11-13-30(14-12-20)34(32,33)25-8-9-26-23(18-25)7-10-27(28-26)29-15-16-31(22(3)19-29)24-6-4-5-21(2)17-24/h4-10,17-18,20,22H,11-16,19H2,1-3H3/t22-/m1/s1. The van der Waals surface area contributed by atoms with E-state index in [-0.39, 0.29) is 0 Å². The van der Waals surface area contributed by atoms with Crippen molar-refractivity contribution in [1.29, 1.82) is 0 Å². The molecule has 0 aliphatic carbocycles. The molecule has 3 heterocycles. The molecule has 180 valence electrons. The van der Waals surface area contributed by atoms with Gasteiger partial charge >= 0.3 is 0 Å². The van der Waals surface area contributed by atoms with Crippen LogP contribution in [0.4, 0.5) is 11.5 Å². The van der Waals surface area contributed by atoms with Crippen LogP contribution in [0.3, 0.4) is 0 Å². The largest absolute Gasteiger partial charge is 0.365 e. The van der Waals surface area contributed by atoms with E-state index in [1.807, 2.05) is 18.2 Å². The maximum atomic E-state index is 13.1. The van der Waals surface area contributed by atoms with Crippen LogP contribution >= 0.6 is 0 Å². The third kappa shape index (κ3) is 4.51. The first-order valence-electron chi connectivity index (χ1n) is 12.3. The van der Waals surface area contributed by atoms with Crippen LogP contribution in [-0.2, 0) is 10.0 Å². The number of nitrogens with zero attached hydrogens (tertiary/aromatic N) is 4. The summed E-state index contributed by atoms with van der Waals surface area (Å²) in [4.78, 5) is 10.0. The monoisotopic (exact) mass is 478 g/mol. The smallest absolute Gasteiger partial charge is 0.243 e. The Labute approximate surface area is 203 Å². The van der Waals surface area contributed by atoms with Crippen LogP contribution in [0.5, 0.6) is 0 Å². The summed E-state index contributed by atoms with van der Waals surface area (Å²) in [6.45, 7) is 10.5. The number of hydrogen-bond donors (Lipinski definition) is 0. The Balaban J connectivity index is 1.33. The van der Waals surface area contributed by atoms with Crippen molar-refractivity contribution in [1.82, 2.24) is 9.29 Å². The molecule has 0 unspecified atom stereocenters. The van der Waals surface area contributed by atoms with Crippen molar-refractivity contribution in [2.45, 2.75) is 44.6 Å². The Hall–Kier alpha value is -2.64. The highest BCUT2D eigenvalue weighted by Gasteiger charge is 2.29. The average molecular weight is 479 g/mol. The van der Waals surface area contributed by atoms with Gasteiger partial charge in [0.2, 0.25) is 10.0 Å². The molecule has 2 aliphatic heterocycles. The molecule has 0 saturated carbocycles. The highest BCUT2D eigenvalue weighted by molar-refractivity contribution is 7.89. The van der Waals surface area contributed by atoms with Crippen LogP contribution in [0.25, 0.3) is 10.9 Å². The minimum Gasteiger partial charge on any atom is -0.365 e. The maximum Gasteiger partial charge on any atom is 0.243 e. The molecule has 0 bridgehead atoms. The van der Waals surface area contributed by atoms with Crippen LogP contribution in [-0.4, -0.2) is 56.5 Å². The summed E-state index contributed by atoms with van der Waals surface area (Å²) in [7, 11) is -3.46. The van der Waals surface area contributed by atoms with Gasteiger partial charge in [0, 0.05) is 49.8 Å². The summed E-state index contributed by atoms with van der Waals surface area (Å²) in [6.07, 6.45) is 1.85. The molecule has 34 heavy (non-hydrogen) atoms. The summed E-state index contributed by atoms with van der Waals surface area (Å²) in [5.41, 5.74) is 3.38. The Bertz CT molecular complexity index is 1280. The van der Waals surface area contributed by atoms with Gasteiger partial charge in [0.15, 0.2) is 0 Å². The zero-order valence-corrected chi connectivity index (χ0v) is 21.1. The lowest BCUT2D eigenvalue weighted by Gasteiger charge is -2.42. The molecule has 0 spiro atoms. The number of pyridine rings is 1. The number of anilines is 2. The number of piperazine rings is 1. The third-order valence-corrected chi connectivity index (χ3v) is 9.21. The fraction of sp³-hybridized carbons (Fsp3) is 0.444. The lowest BCUT2D eigenvalue weighted by molar-refractivity contribution is 0.288. The van der Waals surface area contributed by atoms with Gasteiger partial charge in [-0.05, 0) is 80.6 Å². The van der Waals surface area contributed by atoms with Crippen LogP contribution in [0, 0.1) is 12.8 Å².